The first-order chi connectivity index (χ1) is 9.63. The molecule has 0 spiro atoms. The molecule has 2 rings (SSSR count). The van der Waals surface area contributed by atoms with Crippen LogP contribution < -0.4 is 5.32 Å². The fourth-order valence-electron chi connectivity index (χ4n) is 2.48. The van der Waals surface area contributed by atoms with Gasteiger partial charge >= 0.3 is 0 Å². The third-order valence-electron chi connectivity index (χ3n) is 3.66. The Hall–Kier alpha value is -1.32. The Morgan fingerprint density at radius 2 is 2.00 bits per heavy atom. The summed E-state index contributed by atoms with van der Waals surface area (Å²) in [7, 11) is 1.99. The Morgan fingerprint density at radius 1 is 1.25 bits per heavy atom. The molecule has 0 unspecified atom stereocenters. The number of aryl methyl sites for hydroxylation is 1. The standard InChI is InChI=1S/C16H22ClN3/c1-12-15(8-6-10-18-3)13(2)20(19-12)11-14-7-4-5-9-16(14)17/h4-5,7,9,18H,6,8,10-11H2,1-3H3. The molecule has 4 heteroatoms. The molecule has 0 aliphatic heterocycles. The number of aromatic nitrogens is 2. The molecule has 2 aromatic rings. The lowest BCUT2D eigenvalue weighted by atomic mass is 10.1. The van der Waals surface area contributed by atoms with Crippen LogP contribution in [0.5, 0.6) is 0 Å². The summed E-state index contributed by atoms with van der Waals surface area (Å²) in [6, 6.07) is 7.95. The fourth-order valence-corrected chi connectivity index (χ4v) is 2.68. The highest BCUT2D eigenvalue weighted by Gasteiger charge is 2.12. The first-order valence-corrected chi connectivity index (χ1v) is 7.42. The highest BCUT2D eigenvalue weighted by molar-refractivity contribution is 6.31. The number of hydrogen-bond donors (Lipinski definition) is 1. The Morgan fingerprint density at radius 3 is 2.70 bits per heavy atom. The van der Waals surface area contributed by atoms with E-state index in [-0.39, 0.29) is 0 Å². The van der Waals surface area contributed by atoms with Crippen molar-refractivity contribution in [1.82, 2.24) is 15.1 Å². The van der Waals surface area contributed by atoms with Crippen LogP contribution in [0.25, 0.3) is 0 Å². The van der Waals surface area contributed by atoms with Crippen LogP contribution in [0.3, 0.4) is 0 Å². The number of hydrogen-bond acceptors (Lipinski definition) is 2. The van der Waals surface area contributed by atoms with Crippen molar-refractivity contribution in [2.75, 3.05) is 13.6 Å². The van der Waals surface area contributed by atoms with Crippen molar-refractivity contribution in [3.05, 3.63) is 51.8 Å². The number of nitrogens with one attached hydrogen (secondary N) is 1. The summed E-state index contributed by atoms with van der Waals surface area (Å²) >= 11 is 6.23. The second-order valence-electron chi connectivity index (χ2n) is 5.11. The van der Waals surface area contributed by atoms with Crippen molar-refractivity contribution in [3.63, 3.8) is 0 Å². The SMILES string of the molecule is CNCCCc1c(C)nn(Cc2ccccc2Cl)c1C. The molecule has 0 aliphatic rings. The van der Waals surface area contributed by atoms with E-state index in [1.807, 2.05) is 25.2 Å². The van der Waals surface area contributed by atoms with Gasteiger partial charge in [-0.05, 0) is 57.5 Å². The monoisotopic (exact) mass is 291 g/mol. The lowest BCUT2D eigenvalue weighted by Gasteiger charge is -2.07. The second kappa shape index (κ2) is 6.91. The Labute approximate surface area is 126 Å². The lowest BCUT2D eigenvalue weighted by Crippen LogP contribution is -2.09. The van der Waals surface area contributed by atoms with Gasteiger partial charge in [-0.1, -0.05) is 29.8 Å². The van der Waals surface area contributed by atoms with Crippen molar-refractivity contribution >= 4 is 11.6 Å². The van der Waals surface area contributed by atoms with Gasteiger partial charge in [-0.3, -0.25) is 4.68 Å². The molecule has 0 saturated carbocycles. The van der Waals surface area contributed by atoms with Crippen LogP contribution in [-0.4, -0.2) is 23.4 Å². The van der Waals surface area contributed by atoms with E-state index in [0.717, 1.165) is 42.2 Å². The largest absolute Gasteiger partial charge is 0.320 e. The zero-order valence-corrected chi connectivity index (χ0v) is 13.2. The first-order valence-electron chi connectivity index (χ1n) is 7.04. The van der Waals surface area contributed by atoms with E-state index < -0.39 is 0 Å². The van der Waals surface area contributed by atoms with E-state index in [4.69, 9.17) is 11.6 Å². The van der Waals surface area contributed by atoms with Crippen molar-refractivity contribution in [1.29, 1.82) is 0 Å². The van der Waals surface area contributed by atoms with Gasteiger partial charge in [0.25, 0.3) is 0 Å². The zero-order valence-electron chi connectivity index (χ0n) is 12.4. The molecule has 0 fully saturated rings. The van der Waals surface area contributed by atoms with E-state index in [9.17, 15) is 0 Å². The third kappa shape index (κ3) is 3.41. The summed E-state index contributed by atoms with van der Waals surface area (Å²) < 4.78 is 2.06. The smallest absolute Gasteiger partial charge is 0.0677 e. The maximum absolute atomic E-state index is 6.23. The van der Waals surface area contributed by atoms with Gasteiger partial charge in [0.1, 0.15) is 0 Å². The van der Waals surface area contributed by atoms with Crippen LogP contribution in [0.2, 0.25) is 5.02 Å². The summed E-state index contributed by atoms with van der Waals surface area (Å²) in [6.07, 6.45) is 2.21. The maximum atomic E-state index is 6.23. The topological polar surface area (TPSA) is 29.9 Å². The number of rotatable bonds is 6. The fraction of sp³-hybridized carbons (Fsp3) is 0.438. The van der Waals surface area contributed by atoms with Gasteiger partial charge < -0.3 is 5.32 Å². The van der Waals surface area contributed by atoms with Crippen LogP contribution >= 0.6 is 11.6 Å². The van der Waals surface area contributed by atoms with E-state index in [0.29, 0.717) is 0 Å². The van der Waals surface area contributed by atoms with E-state index in [1.54, 1.807) is 0 Å². The van der Waals surface area contributed by atoms with Crippen LogP contribution in [-0.2, 0) is 13.0 Å². The predicted molar refractivity (Wildman–Crippen MR) is 84.5 cm³/mol. The minimum atomic E-state index is 0.734. The molecule has 3 nitrogen and oxygen atoms in total. The normalized spacial score (nSPS) is 11.0. The molecule has 20 heavy (non-hydrogen) atoms. The first kappa shape index (κ1) is 15.1. The predicted octanol–water partition coefficient (Wildman–Crippen LogP) is 3.35. The Balaban J connectivity index is 2.17. The average Bonchev–Trinajstić information content (AvgIpc) is 2.69. The van der Waals surface area contributed by atoms with Crippen LogP contribution in [0.4, 0.5) is 0 Å². The van der Waals surface area contributed by atoms with Gasteiger partial charge in [0.15, 0.2) is 0 Å². The van der Waals surface area contributed by atoms with Gasteiger partial charge in [-0.25, -0.2) is 0 Å². The molecule has 1 aromatic heterocycles. The molecular formula is C16H22ClN3. The molecule has 0 aliphatic carbocycles. The van der Waals surface area contributed by atoms with Gasteiger partial charge in [0.05, 0.1) is 12.2 Å². The van der Waals surface area contributed by atoms with Gasteiger partial charge in [-0.15, -0.1) is 0 Å². The van der Waals surface area contributed by atoms with Crippen molar-refractivity contribution < 1.29 is 0 Å². The summed E-state index contributed by atoms with van der Waals surface area (Å²) in [5.74, 6) is 0. The Bertz CT molecular complexity index is 575. The average molecular weight is 292 g/mol. The molecule has 1 heterocycles. The van der Waals surface area contributed by atoms with E-state index >= 15 is 0 Å². The maximum Gasteiger partial charge on any atom is 0.0677 e. The minimum Gasteiger partial charge on any atom is -0.320 e. The molecular weight excluding hydrogens is 270 g/mol. The second-order valence-corrected chi connectivity index (χ2v) is 5.51. The lowest BCUT2D eigenvalue weighted by molar-refractivity contribution is 0.656. The summed E-state index contributed by atoms with van der Waals surface area (Å²) in [5, 5.41) is 8.65. The van der Waals surface area contributed by atoms with Gasteiger partial charge in [-0.2, -0.15) is 5.10 Å². The highest BCUT2D eigenvalue weighted by Crippen LogP contribution is 2.20. The number of nitrogens with zero attached hydrogens (tertiary/aromatic N) is 2. The minimum absolute atomic E-state index is 0.734. The van der Waals surface area contributed by atoms with Gasteiger partial charge in [0.2, 0.25) is 0 Å². The quantitative estimate of drug-likeness (QED) is 0.827. The molecule has 0 saturated heterocycles. The van der Waals surface area contributed by atoms with Crippen molar-refractivity contribution in [2.24, 2.45) is 0 Å². The van der Waals surface area contributed by atoms with Crippen LogP contribution in [0, 0.1) is 13.8 Å². The summed E-state index contributed by atoms with van der Waals surface area (Å²) in [4.78, 5) is 0. The van der Waals surface area contributed by atoms with Crippen LogP contribution in [0.15, 0.2) is 24.3 Å². The zero-order chi connectivity index (χ0) is 14.5. The van der Waals surface area contributed by atoms with Crippen LogP contribution in [0.1, 0.15) is 28.9 Å². The molecule has 1 aromatic carbocycles. The molecule has 1 N–H and O–H groups in total. The number of benzene rings is 1. The Kier molecular flexibility index (Phi) is 5.21. The third-order valence-corrected chi connectivity index (χ3v) is 4.03. The van der Waals surface area contributed by atoms with E-state index in [2.05, 4.69) is 35.0 Å². The molecule has 108 valence electrons. The number of halogens is 1. The highest BCUT2D eigenvalue weighted by atomic mass is 35.5. The summed E-state index contributed by atoms with van der Waals surface area (Å²) in [5.41, 5.74) is 4.86. The van der Waals surface area contributed by atoms with Gasteiger partial charge in [0, 0.05) is 10.7 Å². The molecule has 0 atom stereocenters. The van der Waals surface area contributed by atoms with E-state index in [1.165, 1.54) is 11.3 Å². The molecule has 0 bridgehead atoms. The summed E-state index contributed by atoms with van der Waals surface area (Å²) in [6.45, 7) is 6.00. The van der Waals surface area contributed by atoms with Crippen molar-refractivity contribution in [3.8, 4) is 0 Å². The molecule has 0 radical (unpaired) electrons. The molecule has 0 amide bonds. The van der Waals surface area contributed by atoms with Crippen molar-refractivity contribution in [2.45, 2.75) is 33.2 Å².